The van der Waals surface area contributed by atoms with E-state index in [-0.39, 0.29) is 0 Å². The molecule has 0 atom stereocenters. The van der Waals surface area contributed by atoms with Crippen LogP contribution >= 0.6 is 0 Å². The summed E-state index contributed by atoms with van der Waals surface area (Å²) < 4.78 is 0. The van der Waals surface area contributed by atoms with Crippen molar-refractivity contribution in [3.8, 4) is 0 Å². The SMILES string of the molecule is CC(C)Nc1cc(N(C)C2CCC(N)CC2)ncn1. The molecule has 1 fully saturated rings. The predicted octanol–water partition coefficient (Wildman–Crippen LogP) is 2.00. The Morgan fingerprint density at radius 1 is 1.26 bits per heavy atom. The first-order chi connectivity index (χ1) is 9.06. The van der Waals surface area contributed by atoms with Gasteiger partial charge in [0, 0.05) is 31.2 Å². The maximum atomic E-state index is 5.96. The van der Waals surface area contributed by atoms with E-state index in [1.54, 1.807) is 6.33 Å². The molecular formula is C14H25N5. The van der Waals surface area contributed by atoms with Crippen LogP contribution in [0.1, 0.15) is 39.5 Å². The first-order valence-corrected chi connectivity index (χ1v) is 7.13. The second-order valence-electron chi connectivity index (χ2n) is 5.74. The molecule has 0 spiro atoms. The van der Waals surface area contributed by atoms with Gasteiger partial charge in [0.2, 0.25) is 0 Å². The van der Waals surface area contributed by atoms with E-state index in [0.717, 1.165) is 37.3 Å². The van der Waals surface area contributed by atoms with Crippen LogP contribution in [0.25, 0.3) is 0 Å². The number of hydrogen-bond acceptors (Lipinski definition) is 5. The van der Waals surface area contributed by atoms with Crippen LogP contribution < -0.4 is 16.0 Å². The standard InChI is InChI=1S/C14H25N5/c1-10(2)18-13-8-14(17-9-16-13)19(3)12-6-4-11(15)5-7-12/h8-12H,4-7,15H2,1-3H3,(H,16,17,18). The molecule has 1 aromatic heterocycles. The summed E-state index contributed by atoms with van der Waals surface area (Å²) >= 11 is 0. The van der Waals surface area contributed by atoms with E-state index >= 15 is 0 Å². The molecular weight excluding hydrogens is 238 g/mol. The number of nitrogens with zero attached hydrogens (tertiary/aromatic N) is 3. The largest absolute Gasteiger partial charge is 0.368 e. The van der Waals surface area contributed by atoms with E-state index in [4.69, 9.17) is 5.73 Å². The first-order valence-electron chi connectivity index (χ1n) is 7.13. The van der Waals surface area contributed by atoms with Gasteiger partial charge in [0.05, 0.1) is 0 Å². The molecule has 5 nitrogen and oxygen atoms in total. The third kappa shape index (κ3) is 3.80. The van der Waals surface area contributed by atoms with Crippen molar-refractivity contribution in [1.29, 1.82) is 0 Å². The lowest BCUT2D eigenvalue weighted by molar-refractivity contribution is 0.384. The molecule has 0 bridgehead atoms. The normalized spacial score (nSPS) is 23.4. The molecule has 0 saturated heterocycles. The van der Waals surface area contributed by atoms with Crippen LogP contribution in [0.4, 0.5) is 11.6 Å². The van der Waals surface area contributed by atoms with E-state index in [1.165, 1.54) is 0 Å². The second kappa shape index (κ2) is 6.19. The molecule has 0 aliphatic heterocycles. The molecule has 1 heterocycles. The fourth-order valence-corrected chi connectivity index (χ4v) is 2.59. The van der Waals surface area contributed by atoms with Crippen molar-refractivity contribution >= 4 is 11.6 Å². The molecule has 19 heavy (non-hydrogen) atoms. The first kappa shape index (κ1) is 14.1. The smallest absolute Gasteiger partial charge is 0.134 e. The number of aromatic nitrogens is 2. The van der Waals surface area contributed by atoms with Gasteiger partial charge in [0.1, 0.15) is 18.0 Å². The lowest BCUT2D eigenvalue weighted by Crippen LogP contribution is -2.39. The zero-order valence-electron chi connectivity index (χ0n) is 12.1. The average molecular weight is 263 g/mol. The van der Waals surface area contributed by atoms with Crippen molar-refractivity contribution < 1.29 is 0 Å². The molecule has 1 aliphatic rings. The Morgan fingerprint density at radius 3 is 2.58 bits per heavy atom. The van der Waals surface area contributed by atoms with Gasteiger partial charge in [-0.2, -0.15) is 0 Å². The average Bonchev–Trinajstić information content (AvgIpc) is 2.38. The van der Waals surface area contributed by atoms with Crippen molar-refractivity contribution in [3.63, 3.8) is 0 Å². The van der Waals surface area contributed by atoms with Crippen LogP contribution in [0.15, 0.2) is 12.4 Å². The van der Waals surface area contributed by atoms with Crippen molar-refractivity contribution in [3.05, 3.63) is 12.4 Å². The molecule has 1 saturated carbocycles. The monoisotopic (exact) mass is 263 g/mol. The second-order valence-corrected chi connectivity index (χ2v) is 5.74. The number of nitrogens with one attached hydrogen (secondary N) is 1. The Kier molecular flexibility index (Phi) is 4.58. The minimum absolute atomic E-state index is 0.376. The van der Waals surface area contributed by atoms with Crippen LogP contribution in [-0.2, 0) is 0 Å². The van der Waals surface area contributed by atoms with Crippen LogP contribution in [0, 0.1) is 0 Å². The molecule has 1 aromatic rings. The molecule has 0 radical (unpaired) electrons. The van der Waals surface area contributed by atoms with E-state index in [1.807, 2.05) is 6.07 Å². The maximum Gasteiger partial charge on any atom is 0.134 e. The zero-order chi connectivity index (χ0) is 13.8. The van der Waals surface area contributed by atoms with Crippen LogP contribution in [0.3, 0.4) is 0 Å². The Bertz CT molecular complexity index is 399. The van der Waals surface area contributed by atoms with E-state index < -0.39 is 0 Å². The van der Waals surface area contributed by atoms with Crippen molar-refractivity contribution in [2.75, 3.05) is 17.3 Å². The Morgan fingerprint density at radius 2 is 1.95 bits per heavy atom. The van der Waals surface area contributed by atoms with Crippen molar-refractivity contribution in [2.45, 2.75) is 57.7 Å². The third-order valence-electron chi connectivity index (χ3n) is 3.74. The molecule has 5 heteroatoms. The summed E-state index contributed by atoms with van der Waals surface area (Å²) in [5.74, 6) is 1.87. The summed E-state index contributed by atoms with van der Waals surface area (Å²) in [5.41, 5.74) is 5.96. The number of rotatable bonds is 4. The quantitative estimate of drug-likeness (QED) is 0.869. The molecule has 0 amide bonds. The van der Waals surface area contributed by atoms with Gasteiger partial charge in [-0.3, -0.25) is 0 Å². The van der Waals surface area contributed by atoms with Crippen LogP contribution in [0.2, 0.25) is 0 Å². The molecule has 0 unspecified atom stereocenters. The van der Waals surface area contributed by atoms with Gasteiger partial charge in [0.25, 0.3) is 0 Å². The van der Waals surface area contributed by atoms with Crippen LogP contribution in [0.5, 0.6) is 0 Å². The topological polar surface area (TPSA) is 67.1 Å². The highest BCUT2D eigenvalue weighted by Gasteiger charge is 2.23. The Hall–Kier alpha value is -1.36. The summed E-state index contributed by atoms with van der Waals surface area (Å²) in [5, 5.41) is 3.31. The molecule has 0 aromatic carbocycles. The molecule has 106 valence electrons. The van der Waals surface area contributed by atoms with Crippen molar-refractivity contribution in [2.24, 2.45) is 5.73 Å². The van der Waals surface area contributed by atoms with Gasteiger partial charge >= 0.3 is 0 Å². The summed E-state index contributed by atoms with van der Waals surface area (Å²) in [7, 11) is 2.11. The number of anilines is 2. The zero-order valence-corrected chi connectivity index (χ0v) is 12.1. The number of nitrogens with two attached hydrogens (primary N) is 1. The van der Waals surface area contributed by atoms with Gasteiger partial charge in [-0.25, -0.2) is 9.97 Å². The van der Waals surface area contributed by atoms with Gasteiger partial charge in [-0.1, -0.05) is 0 Å². The summed E-state index contributed by atoms with van der Waals surface area (Å²) in [4.78, 5) is 10.9. The summed E-state index contributed by atoms with van der Waals surface area (Å²) in [6, 6.07) is 3.32. The van der Waals surface area contributed by atoms with Crippen LogP contribution in [-0.4, -0.2) is 35.1 Å². The fourth-order valence-electron chi connectivity index (χ4n) is 2.59. The van der Waals surface area contributed by atoms with E-state index in [9.17, 15) is 0 Å². The summed E-state index contributed by atoms with van der Waals surface area (Å²) in [6.07, 6.45) is 6.14. The highest BCUT2D eigenvalue weighted by molar-refractivity contribution is 5.48. The Balaban J connectivity index is 2.04. The van der Waals surface area contributed by atoms with Gasteiger partial charge < -0.3 is 16.0 Å². The highest BCUT2D eigenvalue weighted by atomic mass is 15.2. The molecule has 3 N–H and O–H groups in total. The minimum atomic E-state index is 0.376. The van der Waals surface area contributed by atoms with Gasteiger partial charge in [-0.05, 0) is 39.5 Å². The summed E-state index contributed by atoms with van der Waals surface area (Å²) in [6.45, 7) is 4.21. The lowest BCUT2D eigenvalue weighted by atomic mass is 9.91. The van der Waals surface area contributed by atoms with E-state index in [2.05, 4.69) is 41.1 Å². The van der Waals surface area contributed by atoms with E-state index in [0.29, 0.717) is 18.1 Å². The lowest BCUT2D eigenvalue weighted by Gasteiger charge is -2.34. The molecule has 1 aliphatic carbocycles. The fraction of sp³-hybridized carbons (Fsp3) is 0.714. The number of hydrogen-bond donors (Lipinski definition) is 2. The highest BCUT2D eigenvalue weighted by Crippen LogP contribution is 2.25. The third-order valence-corrected chi connectivity index (χ3v) is 3.74. The van der Waals surface area contributed by atoms with Gasteiger partial charge in [-0.15, -0.1) is 0 Å². The van der Waals surface area contributed by atoms with Crippen molar-refractivity contribution in [1.82, 2.24) is 9.97 Å². The maximum absolute atomic E-state index is 5.96. The Labute approximate surface area is 115 Å². The van der Waals surface area contributed by atoms with Gasteiger partial charge in [0.15, 0.2) is 0 Å². The molecule has 2 rings (SSSR count). The predicted molar refractivity (Wildman–Crippen MR) is 79.4 cm³/mol. The minimum Gasteiger partial charge on any atom is -0.368 e.